The van der Waals surface area contributed by atoms with E-state index in [2.05, 4.69) is 11.2 Å². The third-order valence-electron chi connectivity index (χ3n) is 4.81. The maximum atomic E-state index is 12.6. The quantitative estimate of drug-likeness (QED) is 0.799. The van der Waals surface area contributed by atoms with Crippen LogP contribution in [0.25, 0.3) is 0 Å². The Kier molecular flexibility index (Phi) is 5.36. The largest absolute Gasteiger partial charge is 0.494 e. The SMILES string of the molecule is CCOc1ccc(OCC(=O)N2C3CCC2CC(SC)C3)cc1. The second-order valence-electron chi connectivity index (χ2n) is 6.21. The van der Waals surface area contributed by atoms with Crippen LogP contribution in [-0.2, 0) is 4.79 Å². The highest BCUT2D eigenvalue weighted by molar-refractivity contribution is 7.99. The Bertz CT molecular complexity index is 520. The van der Waals surface area contributed by atoms with Crippen LogP contribution in [0.1, 0.15) is 32.6 Å². The van der Waals surface area contributed by atoms with Gasteiger partial charge in [-0.05, 0) is 63.1 Å². The Balaban J connectivity index is 1.53. The third-order valence-corrected chi connectivity index (χ3v) is 5.86. The molecule has 0 radical (unpaired) electrons. The molecule has 1 amide bonds. The Morgan fingerprint density at radius 3 is 2.22 bits per heavy atom. The van der Waals surface area contributed by atoms with Crippen molar-refractivity contribution in [2.75, 3.05) is 19.5 Å². The van der Waals surface area contributed by atoms with Gasteiger partial charge in [-0.2, -0.15) is 11.8 Å². The number of carbonyl (C=O) groups is 1. The standard InChI is InChI=1S/C18H25NO3S/c1-3-21-15-6-8-16(9-7-15)22-12-18(20)19-13-4-5-14(19)11-17(10-13)23-2/h6-9,13-14,17H,3-5,10-12H2,1-2H3. The highest BCUT2D eigenvalue weighted by Crippen LogP contribution is 2.39. The number of fused-ring (bicyclic) bond motifs is 2. The Labute approximate surface area is 142 Å². The highest BCUT2D eigenvalue weighted by atomic mass is 32.2. The highest BCUT2D eigenvalue weighted by Gasteiger charge is 2.42. The Hall–Kier alpha value is -1.36. The normalized spacial score (nSPS) is 26.2. The summed E-state index contributed by atoms with van der Waals surface area (Å²) in [6.07, 6.45) is 6.74. The van der Waals surface area contributed by atoms with Crippen molar-refractivity contribution in [2.24, 2.45) is 0 Å². The predicted molar refractivity (Wildman–Crippen MR) is 93.3 cm³/mol. The van der Waals surface area contributed by atoms with E-state index in [9.17, 15) is 4.79 Å². The molecule has 2 bridgehead atoms. The second-order valence-corrected chi connectivity index (χ2v) is 7.35. The lowest BCUT2D eigenvalue weighted by Crippen LogP contribution is -2.49. The number of amides is 1. The van der Waals surface area contributed by atoms with Gasteiger partial charge in [0.15, 0.2) is 6.61 Å². The first kappa shape index (κ1) is 16.5. The van der Waals surface area contributed by atoms with Crippen molar-refractivity contribution in [1.29, 1.82) is 0 Å². The van der Waals surface area contributed by atoms with E-state index >= 15 is 0 Å². The van der Waals surface area contributed by atoms with Crippen LogP contribution in [0.2, 0.25) is 0 Å². The minimum Gasteiger partial charge on any atom is -0.494 e. The molecule has 0 saturated carbocycles. The van der Waals surface area contributed by atoms with Crippen LogP contribution in [0.4, 0.5) is 0 Å². The van der Waals surface area contributed by atoms with Gasteiger partial charge in [0.1, 0.15) is 11.5 Å². The van der Waals surface area contributed by atoms with Crippen molar-refractivity contribution in [3.8, 4) is 11.5 Å². The molecular formula is C18H25NO3S. The minimum atomic E-state index is 0.130. The summed E-state index contributed by atoms with van der Waals surface area (Å²) in [7, 11) is 0. The van der Waals surface area contributed by atoms with Gasteiger partial charge < -0.3 is 14.4 Å². The molecule has 0 aromatic heterocycles. The molecule has 126 valence electrons. The number of ether oxygens (including phenoxy) is 2. The Morgan fingerprint density at radius 1 is 1.13 bits per heavy atom. The fraction of sp³-hybridized carbons (Fsp3) is 0.611. The molecule has 0 aliphatic carbocycles. The van der Waals surface area contributed by atoms with Gasteiger partial charge in [0, 0.05) is 17.3 Å². The van der Waals surface area contributed by atoms with E-state index in [1.54, 1.807) is 0 Å². The van der Waals surface area contributed by atoms with Crippen molar-refractivity contribution in [2.45, 2.75) is 49.9 Å². The van der Waals surface area contributed by atoms with Crippen LogP contribution < -0.4 is 9.47 Å². The van der Waals surface area contributed by atoms with Gasteiger partial charge in [-0.15, -0.1) is 0 Å². The van der Waals surface area contributed by atoms with Gasteiger partial charge in [0.2, 0.25) is 0 Å². The molecule has 4 nitrogen and oxygen atoms in total. The van der Waals surface area contributed by atoms with Gasteiger partial charge >= 0.3 is 0 Å². The molecule has 0 N–H and O–H groups in total. The fourth-order valence-electron chi connectivity index (χ4n) is 3.75. The van der Waals surface area contributed by atoms with Crippen LogP contribution in [0.5, 0.6) is 11.5 Å². The molecular weight excluding hydrogens is 310 g/mol. The smallest absolute Gasteiger partial charge is 0.261 e. The van der Waals surface area contributed by atoms with E-state index in [0.717, 1.165) is 31.4 Å². The van der Waals surface area contributed by atoms with Gasteiger partial charge in [-0.25, -0.2) is 0 Å². The molecule has 2 aliphatic heterocycles. The molecule has 1 aromatic rings. The lowest BCUT2D eigenvalue weighted by atomic mass is 10.0. The van der Waals surface area contributed by atoms with Crippen molar-refractivity contribution in [3.63, 3.8) is 0 Å². The minimum absolute atomic E-state index is 0.130. The molecule has 2 unspecified atom stereocenters. The van der Waals surface area contributed by atoms with E-state index in [0.29, 0.717) is 29.7 Å². The molecule has 5 heteroatoms. The number of benzene rings is 1. The van der Waals surface area contributed by atoms with Crippen LogP contribution in [0, 0.1) is 0 Å². The van der Waals surface area contributed by atoms with E-state index in [1.165, 1.54) is 0 Å². The third kappa shape index (κ3) is 3.77. The van der Waals surface area contributed by atoms with Crippen LogP contribution >= 0.6 is 11.8 Å². The number of nitrogens with zero attached hydrogens (tertiary/aromatic N) is 1. The zero-order chi connectivity index (χ0) is 16.2. The van der Waals surface area contributed by atoms with Crippen LogP contribution in [-0.4, -0.2) is 47.6 Å². The molecule has 2 fully saturated rings. The lowest BCUT2D eigenvalue weighted by molar-refractivity contribution is -0.137. The first-order valence-electron chi connectivity index (χ1n) is 8.41. The van der Waals surface area contributed by atoms with E-state index in [1.807, 2.05) is 43.0 Å². The monoisotopic (exact) mass is 335 g/mol. The molecule has 2 heterocycles. The van der Waals surface area contributed by atoms with Crippen molar-refractivity contribution < 1.29 is 14.3 Å². The summed E-state index contributed by atoms with van der Waals surface area (Å²) < 4.78 is 11.1. The first-order valence-corrected chi connectivity index (χ1v) is 9.69. The van der Waals surface area contributed by atoms with Gasteiger partial charge in [0.05, 0.1) is 6.61 Å². The van der Waals surface area contributed by atoms with E-state index in [4.69, 9.17) is 9.47 Å². The summed E-state index contributed by atoms with van der Waals surface area (Å²) in [6.45, 7) is 2.73. The van der Waals surface area contributed by atoms with Crippen molar-refractivity contribution in [1.82, 2.24) is 4.90 Å². The predicted octanol–water partition coefficient (Wildman–Crippen LogP) is 3.35. The molecule has 1 aromatic carbocycles. The van der Waals surface area contributed by atoms with Crippen LogP contribution in [0.3, 0.4) is 0 Å². The van der Waals surface area contributed by atoms with Gasteiger partial charge in [0.25, 0.3) is 5.91 Å². The number of carbonyl (C=O) groups excluding carboxylic acids is 1. The summed E-state index contributed by atoms with van der Waals surface area (Å²) in [5.74, 6) is 1.67. The lowest BCUT2D eigenvalue weighted by Gasteiger charge is -2.38. The number of hydrogen-bond donors (Lipinski definition) is 0. The van der Waals surface area contributed by atoms with E-state index in [-0.39, 0.29) is 12.5 Å². The number of thioether (sulfide) groups is 1. The van der Waals surface area contributed by atoms with Crippen LogP contribution in [0.15, 0.2) is 24.3 Å². The maximum Gasteiger partial charge on any atom is 0.261 e. The Morgan fingerprint density at radius 2 is 1.70 bits per heavy atom. The summed E-state index contributed by atoms with van der Waals surface area (Å²) in [4.78, 5) is 14.7. The average molecular weight is 335 g/mol. The average Bonchev–Trinajstić information content (AvgIpc) is 2.84. The van der Waals surface area contributed by atoms with Gasteiger partial charge in [-0.1, -0.05) is 0 Å². The zero-order valence-corrected chi connectivity index (χ0v) is 14.7. The maximum absolute atomic E-state index is 12.6. The molecule has 0 spiro atoms. The summed E-state index contributed by atoms with van der Waals surface area (Å²) in [5, 5.41) is 0.712. The number of rotatable bonds is 6. The first-order chi connectivity index (χ1) is 11.2. The molecule has 2 saturated heterocycles. The van der Waals surface area contributed by atoms with E-state index < -0.39 is 0 Å². The topological polar surface area (TPSA) is 38.8 Å². The number of hydrogen-bond acceptors (Lipinski definition) is 4. The number of piperidine rings is 1. The van der Waals surface area contributed by atoms with Crippen molar-refractivity contribution >= 4 is 17.7 Å². The second kappa shape index (κ2) is 7.47. The summed E-state index contributed by atoms with van der Waals surface area (Å²) >= 11 is 1.94. The zero-order valence-electron chi connectivity index (χ0n) is 13.9. The molecule has 3 rings (SSSR count). The summed E-state index contributed by atoms with van der Waals surface area (Å²) in [5.41, 5.74) is 0. The molecule has 2 aliphatic rings. The molecule has 2 atom stereocenters. The summed E-state index contributed by atoms with van der Waals surface area (Å²) in [6, 6.07) is 8.29. The van der Waals surface area contributed by atoms with Gasteiger partial charge in [-0.3, -0.25) is 4.79 Å². The fourth-order valence-corrected chi connectivity index (χ4v) is 4.57. The molecule has 23 heavy (non-hydrogen) atoms. The van der Waals surface area contributed by atoms with Crippen molar-refractivity contribution in [3.05, 3.63) is 24.3 Å².